The van der Waals surface area contributed by atoms with E-state index in [1.807, 2.05) is 25.6 Å². The Balaban J connectivity index is 1.82. The van der Waals surface area contributed by atoms with Crippen LogP contribution in [-0.4, -0.2) is 60.6 Å². The summed E-state index contributed by atoms with van der Waals surface area (Å²) in [5.74, 6) is 0.552. The third kappa shape index (κ3) is 4.03. The first kappa shape index (κ1) is 18.7. The molecule has 3 heterocycles. The van der Waals surface area contributed by atoms with Gasteiger partial charge in [0.05, 0.1) is 17.9 Å². The van der Waals surface area contributed by atoms with Crippen LogP contribution < -0.4 is 0 Å². The van der Waals surface area contributed by atoms with Crippen LogP contribution in [-0.2, 0) is 18.3 Å². The van der Waals surface area contributed by atoms with Crippen LogP contribution in [0.25, 0.3) is 5.82 Å². The molecule has 0 saturated carbocycles. The van der Waals surface area contributed by atoms with Crippen LogP contribution in [0.15, 0.2) is 31.0 Å². The second-order valence-electron chi connectivity index (χ2n) is 6.27. The van der Waals surface area contributed by atoms with Gasteiger partial charge in [-0.2, -0.15) is 5.10 Å². The molecule has 0 N–H and O–H groups in total. The predicted octanol–water partition coefficient (Wildman–Crippen LogP) is 1.30. The lowest BCUT2D eigenvalue weighted by Gasteiger charge is -2.23. The Hall–Kier alpha value is -3.07. The summed E-state index contributed by atoms with van der Waals surface area (Å²) in [5, 5.41) is 12.0. The number of aryl methyl sites for hydroxylation is 2. The molecule has 1 amide bonds. The van der Waals surface area contributed by atoms with Crippen LogP contribution >= 0.6 is 0 Å². The molecule has 27 heavy (non-hydrogen) atoms. The highest BCUT2D eigenvalue weighted by Crippen LogP contribution is 2.17. The second-order valence-corrected chi connectivity index (χ2v) is 6.27. The first-order valence-corrected chi connectivity index (χ1v) is 8.59. The summed E-state index contributed by atoms with van der Waals surface area (Å²) in [6, 6.07) is 3.53. The number of ether oxygens (including phenoxy) is 1. The van der Waals surface area contributed by atoms with Gasteiger partial charge in [-0.05, 0) is 26.0 Å². The van der Waals surface area contributed by atoms with Gasteiger partial charge >= 0.3 is 0 Å². The third-order valence-electron chi connectivity index (χ3n) is 4.54. The lowest BCUT2D eigenvalue weighted by atomic mass is 10.1. The maximum absolute atomic E-state index is 13.1. The van der Waals surface area contributed by atoms with E-state index in [9.17, 15) is 4.79 Å². The topological polar surface area (TPSA) is 91.0 Å². The smallest absolute Gasteiger partial charge is 0.255 e. The molecule has 0 bridgehead atoms. The highest BCUT2D eigenvalue weighted by Gasteiger charge is 2.20. The molecule has 142 valence electrons. The molecule has 0 spiro atoms. The average molecular weight is 369 g/mol. The van der Waals surface area contributed by atoms with E-state index in [1.165, 1.54) is 0 Å². The van der Waals surface area contributed by atoms with Gasteiger partial charge in [0.15, 0.2) is 0 Å². The number of hydrogen-bond acceptors (Lipinski definition) is 6. The van der Waals surface area contributed by atoms with Gasteiger partial charge in [-0.25, -0.2) is 4.98 Å². The first-order chi connectivity index (χ1) is 13.0. The summed E-state index contributed by atoms with van der Waals surface area (Å²) in [7, 11) is 3.53. The zero-order valence-electron chi connectivity index (χ0n) is 16.0. The van der Waals surface area contributed by atoms with Crippen molar-refractivity contribution < 1.29 is 9.53 Å². The maximum atomic E-state index is 13.1. The number of pyridine rings is 1. The summed E-state index contributed by atoms with van der Waals surface area (Å²) < 4.78 is 8.69. The SMILES string of the molecule is COCCN(Cc1c(C)nn(C)c1C)C(=O)c1ccc(-n2cnnc2)nc1. The Labute approximate surface area is 157 Å². The molecule has 0 aliphatic carbocycles. The van der Waals surface area contributed by atoms with Crippen molar-refractivity contribution in [2.75, 3.05) is 20.3 Å². The van der Waals surface area contributed by atoms with Crippen LogP contribution in [0.4, 0.5) is 0 Å². The van der Waals surface area contributed by atoms with Crippen LogP contribution in [0, 0.1) is 13.8 Å². The number of aromatic nitrogens is 6. The minimum Gasteiger partial charge on any atom is -0.383 e. The predicted molar refractivity (Wildman–Crippen MR) is 98.5 cm³/mol. The van der Waals surface area contributed by atoms with E-state index in [0.717, 1.165) is 17.0 Å². The summed E-state index contributed by atoms with van der Waals surface area (Å²) >= 11 is 0. The van der Waals surface area contributed by atoms with E-state index < -0.39 is 0 Å². The molecule has 0 radical (unpaired) electrons. The number of hydrogen-bond donors (Lipinski definition) is 0. The standard InChI is InChI=1S/C18H23N7O2/c1-13-16(14(2)23(3)22-13)10-24(7-8-27-4)18(26)15-5-6-17(19-9-15)25-11-20-21-12-25/h5-6,9,11-12H,7-8,10H2,1-4H3. The van der Waals surface area contributed by atoms with Crippen molar-refractivity contribution in [3.8, 4) is 5.82 Å². The molecule has 0 aliphatic rings. The zero-order valence-corrected chi connectivity index (χ0v) is 16.0. The van der Waals surface area contributed by atoms with Gasteiger partial charge in [0.25, 0.3) is 5.91 Å². The molecule has 3 rings (SSSR count). The van der Waals surface area contributed by atoms with Crippen molar-refractivity contribution in [3.63, 3.8) is 0 Å². The number of rotatable bonds is 7. The largest absolute Gasteiger partial charge is 0.383 e. The number of carbonyl (C=O) groups excluding carboxylic acids is 1. The summed E-state index contributed by atoms with van der Waals surface area (Å²) in [5.41, 5.74) is 3.54. The van der Waals surface area contributed by atoms with Crippen molar-refractivity contribution in [2.24, 2.45) is 7.05 Å². The molecule has 0 aromatic carbocycles. The number of carbonyl (C=O) groups is 1. The molecule has 0 unspecified atom stereocenters. The fraction of sp³-hybridized carbons (Fsp3) is 0.389. The molecule has 3 aromatic heterocycles. The molecule has 9 nitrogen and oxygen atoms in total. The highest BCUT2D eigenvalue weighted by atomic mass is 16.5. The Bertz CT molecular complexity index is 901. The van der Waals surface area contributed by atoms with Crippen LogP contribution in [0.1, 0.15) is 27.3 Å². The van der Waals surface area contributed by atoms with E-state index >= 15 is 0 Å². The quantitative estimate of drug-likeness (QED) is 0.623. The minimum atomic E-state index is -0.0995. The summed E-state index contributed by atoms with van der Waals surface area (Å²) in [6.07, 6.45) is 4.69. The minimum absolute atomic E-state index is 0.0995. The normalized spacial score (nSPS) is 11.0. The van der Waals surface area contributed by atoms with Crippen LogP contribution in [0.5, 0.6) is 0 Å². The molecule has 0 fully saturated rings. The molecule has 0 saturated heterocycles. The Morgan fingerprint density at radius 2 is 1.96 bits per heavy atom. The number of amides is 1. The molecule has 0 atom stereocenters. The Kier molecular flexibility index (Phi) is 5.60. The van der Waals surface area contributed by atoms with Gasteiger partial charge in [-0.3, -0.25) is 14.0 Å². The molecule has 0 aliphatic heterocycles. The average Bonchev–Trinajstić information content (AvgIpc) is 3.29. The molecule has 9 heteroatoms. The Morgan fingerprint density at radius 1 is 1.22 bits per heavy atom. The maximum Gasteiger partial charge on any atom is 0.255 e. The van der Waals surface area contributed by atoms with Gasteiger partial charge in [-0.1, -0.05) is 0 Å². The Morgan fingerprint density at radius 3 is 2.52 bits per heavy atom. The van der Waals surface area contributed by atoms with E-state index in [0.29, 0.717) is 31.1 Å². The van der Waals surface area contributed by atoms with E-state index in [2.05, 4.69) is 20.3 Å². The van der Waals surface area contributed by atoms with E-state index in [1.54, 1.807) is 47.6 Å². The van der Waals surface area contributed by atoms with Gasteiger partial charge in [0.2, 0.25) is 0 Å². The monoisotopic (exact) mass is 369 g/mol. The fourth-order valence-electron chi connectivity index (χ4n) is 2.86. The van der Waals surface area contributed by atoms with Crippen LogP contribution in [0.3, 0.4) is 0 Å². The lowest BCUT2D eigenvalue weighted by Crippen LogP contribution is -2.34. The van der Waals surface area contributed by atoms with Crippen molar-refractivity contribution >= 4 is 5.91 Å². The number of nitrogens with zero attached hydrogens (tertiary/aromatic N) is 7. The summed E-state index contributed by atoms with van der Waals surface area (Å²) in [6.45, 7) is 5.37. The molecule has 3 aromatic rings. The van der Waals surface area contributed by atoms with Crippen molar-refractivity contribution in [1.29, 1.82) is 0 Å². The van der Waals surface area contributed by atoms with E-state index in [4.69, 9.17) is 4.74 Å². The lowest BCUT2D eigenvalue weighted by molar-refractivity contribution is 0.0679. The molecular weight excluding hydrogens is 346 g/mol. The summed E-state index contributed by atoms with van der Waals surface area (Å²) in [4.78, 5) is 19.2. The highest BCUT2D eigenvalue weighted by molar-refractivity contribution is 5.94. The van der Waals surface area contributed by atoms with Crippen molar-refractivity contribution in [3.05, 3.63) is 53.5 Å². The first-order valence-electron chi connectivity index (χ1n) is 8.59. The third-order valence-corrected chi connectivity index (χ3v) is 4.54. The van der Waals surface area contributed by atoms with Crippen molar-refractivity contribution in [1.82, 2.24) is 34.4 Å². The fourth-order valence-corrected chi connectivity index (χ4v) is 2.86. The van der Waals surface area contributed by atoms with Gasteiger partial charge in [0.1, 0.15) is 18.5 Å². The number of methoxy groups -OCH3 is 1. The molecular formula is C18H23N7O2. The van der Waals surface area contributed by atoms with Gasteiger partial charge < -0.3 is 9.64 Å². The van der Waals surface area contributed by atoms with Gasteiger partial charge in [0, 0.05) is 44.7 Å². The second kappa shape index (κ2) is 8.09. The van der Waals surface area contributed by atoms with Crippen molar-refractivity contribution in [2.45, 2.75) is 20.4 Å². The van der Waals surface area contributed by atoms with E-state index in [-0.39, 0.29) is 5.91 Å². The van der Waals surface area contributed by atoms with Gasteiger partial charge in [-0.15, -0.1) is 10.2 Å². The zero-order chi connectivity index (χ0) is 19.4. The van der Waals surface area contributed by atoms with Crippen LogP contribution in [0.2, 0.25) is 0 Å².